The lowest BCUT2D eigenvalue weighted by Gasteiger charge is -2.49. The molecule has 1 unspecified atom stereocenters. The fraction of sp³-hybridized carbons (Fsp3) is 0.800. The minimum absolute atomic E-state index is 0.423. The quantitative estimate of drug-likeness (QED) is 0.922. The smallest absolute Gasteiger partial charge is 0.0794 e. The molecule has 1 aliphatic carbocycles. The van der Waals surface area contributed by atoms with E-state index in [4.69, 9.17) is 0 Å². The molecule has 1 spiro atoms. The Morgan fingerprint density at radius 3 is 3.00 bits per heavy atom. The van der Waals surface area contributed by atoms with Gasteiger partial charge < -0.3 is 5.32 Å². The highest BCUT2D eigenvalue weighted by Crippen LogP contribution is 2.31. The van der Waals surface area contributed by atoms with Gasteiger partial charge in [0.15, 0.2) is 0 Å². The predicted molar refractivity (Wildman–Crippen MR) is 80.7 cm³/mol. The Morgan fingerprint density at radius 1 is 1.42 bits per heavy atom. The summed E-state index contributed by atoms with van der Waals surface area (Å²) in [7, 11) is 0. The van der Waals surface area contributed by atoms with Crippen LogP contribution in [0.4, 0.5) is 0 Å². The Kier molecular flexibility index (Phi) is 4.20. The Morgan fingerprint density at radius 2 is 2.26 bits per heavy atom. The monoisotopic (exact) mass is 279 g/mol. The van der Waals surface area contributed by atoms with Crippen LogP contribution in [-0.4, -0.2) is 41.1 Å². The summed E-state index contributed by atoms with van der Waals surface area (Å²) in [4.78, 5) is 7.09. The maximum atomic E-state index is 4.41. The van der Waals surface area contributed by atoms with Crippen molar-refractivity contribution in [3.05, 3.63) is 16.6 Å². The first kappa shape index (κ1) is 13.5. The zero-order valence-corrected chi connectivity index (χ0v) is 12.7. The second-order valence-electron chi connectivity index (χ2n) is 6.27. The van der Waals surface area contributed by atoms with Gasteiger partial charge in [-0.25, -0.2) is 4.98 Å². The van der Waals surface area contributed by atoms with Gasteiger partial charge in [0.1, 0.15) is 0 Å². The van der Waals surface area contributed by atoms with Gasteiger partial charge in [-0.2, -0.15) is 0 Å². The number of piperazine rings is 1. The van der Waals surface area contributed by atoms with Crippen LogP contribution in [0.1, 0.15) is 44.7 Å². The van der Waals surface area contributed by atoms with Crippen molar-refractivity contribution < 1.29 is 0 Å². The van der Waals surface area contributed by atoms with Gasteiger partial charge in [-0.3, -0.25) is 4.90 Å². The molecular weight excluding hydrogens is 254 g/mol. The van der Waals surface area contributed by atoms with E-state index in [9.17, 15) is 0 Å². The number of hydrogen-bond donors (Lipinski definition) is 1. The van der Waals surface area contributed by atoms with Crippen LogP contribution in [0, 0.1) is 0 Å². The summed E-state index contributed by atoms with van der Waals surface area (Å²) < 4.78 is 0. The fourth-order valence-corrected chi connectivity index (χ4v) is 4.17. The molecule has 1 N–H and O–H groups in total. The summed E-state index contributed by atoms with van der Waals surface area (Å²) in [6.45, 7) is 5.90. The maximum Gasteiger partial charge on any atom is 0.0794 e. The van der Waals surface area contributed by atoms with Crippen LogP contribution in [0.15, 0.2) is 10.9 Å². The second kappa shape index (κ2) is 5.90. The molecule has 3 rings (SSSR count). The van der Waals surface area contributed by atoms with E-state index in [2.05, 4.69) is 27.5 Å². The molecule has 1 saturated carbocycles. The Bertz CT molecular complexity index is 384. The lowest BCUT2D eigenvalue weighted by Crippen LogP contribution is -2.64. The largest absolute Gasteiger partial charge is 0.308 e. The minimum Gasteiger partial charge on any atom is -0.308 e. The van der Waals surface area contributed by atoms with Crippen LogP contribution in [0.25, 0.3) is 0 Å². The lowest BCUT2D eigenvalue weighted by atomic mass is 9.79. The number of nitrogens with one attached hydrogen (secondary N) is 1. The van der Waals surface area contributed by atoms with Crippen molar-refractivity contribution in [3.63, 3.8) is 0 Å². The van der Waals surface area contributed by atoms with Gasteiger partial charge in [0.25, 0.3) is 0 Å². The first-order chi connectivity index (χ1) is 9.27. The number of aromatic nitrogens is 1. The summed E-state index contributed by atoms with van der Waals surface area (Å²) in [5, 5.41) is 6.04. The molecule has 0 aromatic carbocycles. The zero-order valence-electron chi connectivity index (χ0n) is 11.9. The number of hydrogen-bond acceptors (Lipinski definition) is 4. The molecule has 1 aliphatic heterocycles. The van der Waals surface area contributed by atoms with Crippen molar-refractivity contribution in [1.29, 1.82) is 0 Å². The number of rotatable bonds is 3. The van der Waals surface area contributed by atoms with Crippen LogP contribution in [0.5, 0.6) is 0 Å². The summed E-state index contributed by atoms with van der Waals surface area (Å²) in [6, 6.07) is 0.659. The fourth-order valence-electron chi connectivity index (χ4n) is 3.58. The molecule has 1 saturated heterocycles. The van der Waals surface area contributed by atoms with Crippen molar-refractivity contribution in [3.8, 4) is 0 Å². The van der Waals surface area contributed by atoms with Crippen molar-refractivity contribution in [2.75, 3.05) is 19.6 Å². The normalized spacial score (nSPS) is 27.7. The molecule has 0 bridgehead atoms. The molecule has 0 amide bonds. The molecule has 2 heterocycles. The van der Waals surface area contributed by atoms with Crippen molar-refractivity contribution >= 4 is 11.3 Å². The zero-order chi connectivity index (χ0) is 13.1. The van der Waals surface area contributed by atoms with E-state index in [1.807, 2.05) is 5.51 Å². The van der Waals surface area contributed by atoms with Crippen LogP contribution >= 0.6 is 11.3 Å². The number of thiazole rings is 1. The summed E-state index contributed by atoms with van der Waals surface area (Å²) in [5.74, 6) is 0. The van der Waals surface area contributed by atoms with Crippen LogP contribution in [0.2, 0.25) is 0 Å². The van der Waals surface area contributed by atoms with Crippen molar-refractivity contribution in [2.45, 2.75) is 57.0 Å². The van der Waals surface area contributed by atoms with Crippen LogP contribution in [-0.2, 0) is 6.42 Å². The molecule has 3 nitrogen and oxygen atoms in total. The predicted octanol–water partition coefficient (Wildman–Crippen LogP) is 2.68. The van der Waals surface area contributed by atoms with E-state index in [0.717, 1.165) is 19.5 Å². The molecule has 1 atom stereocenters. The van der Waals surface area contributed by atoms with Gasteiger partial charge in [-0.1, -0.05) is 19.3 Å². The topological polar surface area (TPSA) is 28.2 Å². The molecule has 19 heavy (non-hydrogen) atoms. The van der Waals surface area contributed by atoms with E-state index >= 15 is 0 Å². The highest BCUT2D eigenvalue weighted by molar-refractivity contribution is 7.07. The molecule has 2 fully saturated rings. The Hall–Kier alpha value is -0.450. The summed E-state index contributed by atoms with van der Waals surface area (Å²) in [6.07, 6.45) is 8.07. The van der Waals surface area contributed by atoms with E-state index in [-0.39, 0.29) is 0 Å². The SMILES string of the molecule is CC1CNC2(CCCCC2)CN1CCc1cscn1. The highest BCUT2D eigenvalue weighted by atomic mass is 32.1. The van der Waals surface area contributed by atoms with Gasteiger partial charge in [-0.15, -0.1) is 11.3 Å². The second-order valence-corrected chi connectivity index (χ2v) is 6.99. The van der Waals surface area contributed by atoms with E-state index in [0.29, 0.717) is 11.6 Å². The molecular formula is C15H25N3S. The molecule has 4 heteroatoms. The molecule has 106 valence electrons. The Balaban J connectivity index is 1.59. The van der Waals surface area contributed by atoms with Crippen molar-refractivity contribution in [2.24, 2.45) is 0 Å². The van der Waals surface area contributed by atoms with E-state index < -0.39 is 0 Å². The molecule has 2 aliphatic rings. The molecule has 1 aromatic rings. The Labute approximate surface area is 120 Å². The van der Waals surface area contributed by atoms with Crippen LogP contribution < -0.4 is 5.32 Å². The lowest BCUT2D eigenvalue weighted by molar-refractivity contribution is 0.0636. The highest BCUT2D eigenvalue weighted by Gasteiger charge is 2.38. The summed E-state index contributed by atoms with van der Waals surface area (Å²) in [5.41, 5.74) is 3.62. The summed E-state index contributed by atoms with van der Waals surface area (Å²) >= 11 is 1.71. The standard InChI is InChI=1S/C15H25N3S/c1-13-9-17-15(6-3-2-4-7-15)11-18(13)8-5-14-10-19-12-16-14/h10,12-13,17H,2-9,11H2,1H3. The average Bonchev–Trinajstić information content (AvgIpc) is 2.94. The third-order valence-electron chi connectivity index (χ3n) is 4.85. The minimum atomic E-state index is 0.423. The van der Waals surface area contributed by atoms with Gasteiger partial charge in [0.2, 0.25) is 0 Å². The van der Waals surface area contributed by atoms with Gasteiger partial charge in [-0.05, 0) is 19.8 Å². The van der Waals surface area contributed by atoms with Crippen molar-refractivity contribution in [1.82, 2.24) is 15.2 Å². The van der Waals surface area contributed by atoms with Gasteiger partial charge >= 0.3 is 0 Å². The first-order valence-corrected chi connectivity index (χ1v) is 8.58. The third kappa shape index (κ3) is 3.18. The molecule has 1 aromatic heterocycles. The van der Waals surface area contributed by atoms with E-state index in [1.165, 1.54) is 44.3 Å². The first-order valence-electron chi connectivity index (χ1n) is 7.64. The van der Waals surface area contributed by atoms with Crippen LogP contribution in [0.3, 0.4) is 0 Å². The average molecular weight is 279 g/mol. The maximum absolute atomic E-state index is 4.41. The molecule has 0 radical (unpaired) electrons. The van der Waals surface area contributed by atoms with E-state index in [1.54, 1.807) is 11.3 Å². The van der Waals surface area contributed by atoms with Gasteiger partial charge in [0, 0.05) is 43.0 Å². The third-order valence-corrected chi connectivity index (χ3v) is 5.49. The number of nitrogens with zero attached hydrogens (tertiary/aromatic N) is 2. The van der Waals surface area contributed by atoms with Gasteiger partial charge in [0.05, 0.1) is 11.2 Å².